The Morgan fingerprint density at radius 1 is 1.20 bits per heavy atom. The lowest BCUT2D eigenvalue weighted by atomic mass is 10.1. The van der Waals surface area contributed by atoms with Crippen LogP contribution >= 0.6 is 0 Å². The van der Waals surface area contributed by atoms with Crippen LogP contribution in [0.3, 0.4) is 0 Å². The van der Waals surface area contributed by atoms with Gasteiger partial charge in [0.15, 0.2) is 0 Å². The monoisotopic (exact) mass is 268 g/mol. The molecule has 0 saturated carbocycles. The number of aromatic nitrogens is 2. The van der Waals surface area contributed by atoms with Crippen molar-refractivity contribution in [2.45, 2.75) is 6.10 Å². The Balaban J connectivity index is 1.76. The van der Waals surface area contributed by atoms with E-state index in [2.05, 4.69) is 10.1 Å². The summed E-state index contributed by atoms with van der Waals surface area (Å²) in [6.45, 7) is 1.34. The van der Waals surface area contributed by atoms with E-state index in [1.807, 2.05) is 36.4 Å². The quantitative estimate of drug-likeness (QED) is 0.681. The van der Waals surface area contributed by atoms with Crippen molar-refractivity contribution in [3.05, 3.63) is 42.6 Å². The summed E-state index contributed by atoms with van der Waals surface area (Å²) in [6.07, 6.45) is 1.91. The van der Waals surface area contributed by atoms with Crippen LogP contribution in [-0.2, 0) is 4.74 Å². The average molecular weight is 268 g/mol. The summed E-state index contributed by atoms with van der Waals surface area (Å²) in [6, 6.07) is 11.6. The zero-order chi connectivity index (χ0) is 13.4. The fourth-order valence-corrected chi connectivity index (χ4v) is 2.11. The number of benzene rings is 1. The molecule has 0 bridgehead atoms. The van der Waals surface area contributed by atoms with Gasteiger partial charge in [-0.3, -0.25) is 0 Å². The molecule has 3 heterocycles. The minimum atomic E-state index is 0.221. The number of epoxide rings is 1. The molecule has 2 aromatic heterocycles. The van der Waals surface area contributed by atoms with Crippen molar-refractivity contribution < 1.29 is 14.0 Å². The summed E-state index contributed by atoms with van der Waals surface area (Å²) in [5.74, 6) is 0.780. The number of nitrogens with zero attached hydrogens (tertiary/aromatic N) is 2. The average Bonchev–Trinajstić information content (AvgIpc) is 3.23. The second-order valence-electron chi connectivity index (χ2n) is 4.65. The zero-order valence-electron chi connectivity index (χ0n) is 10.7. The molecule has 0 aliphatic carbocycles. The highest BCUT2D eigenvalue weighted by atomic mass is 16.6. The van der Waals surface area contributed by atoms with Gasteiger partial charge < -0.3 is 14.0 Å². The lowest BCUT2D eigenvalue weighted by Crippen LogP contribution is -2.04. The van der Waals surface area contributed by atoms with Crippen molar-refractivity contribution in [2.75, 3.05) is 13.2 Å². The Bertz CT molecular complexity index is 749. The third-order valence-electron chi connectivity index (χ3n) is 3.22. The van der Waals surface area contributed by atoms with Gasteiger partial charge in [0.2, 0.25) is 0 Å². The van der Waals surface area contributed by atoms with Gasteiger partial charge in [-0.2, -0.15) is 0 Å². The van der Waals surface area contributed by atoms with Crippen LogP contribution in [0.5, 0.6) is 5.75 Å². The van der Waals surface area contributed by atoms with Gasteiger partial charge in [0, 0.05) is 11.8 Å². The highest BCUT2D eigenvalue weighted by Crippen LogP contribution is 2.33. The maximum absolute atomic E-state index is 5.81. The second kappa shape index (κ2) is 4.61. The van der Waals surface area contributed by atoms with Gasteiger partial charge in [0.05, 0.1) is 12.0 Å². The smallest absolute Gasteiger partial charge is 0.258 e. The van der Waals surface area contributed by atoms with Crippen molar-refractivity contribution in [1.29, 1.82) is 0 Å². The molecule has 1 fully saturated rings. The molecule has 1 aliphatic rings. The van der Waals surface area contributed by atoms with Gasteiger partial charge in [-0.25, -0.2) is 4.98 Å². The largest absolute Gasteiger partial charge is 0.490 e. The van der Waals surface area contributed by atoms with Crippen LogP contribution in [0.4, 0.5) is 0 Å². The summed E-state index contributed by atoms with van der Waals surface area (Å²) in [5.41, 5.74) is 2.18. The Morgan fingerprint density at radius 2 is 2.10 bits per heavy atom. The number of para-hydroxylation sites is 1. The first kappa shape index (κ1) is 11.4. The van der Waals surface area contributed by atoms with Crippen LogP contribution in [0.2, 0.25) is 0 Å². The molecule has 1 atom stereocenters. The van der Waals surface area contributed by atoms with Crippen molar-refractivity contribution >= 4 is 11.1 Å². The van der Waals surface area contributed by atoms with Crippen LogP contribution in [0.1, 0.15) is 0 Å². The Kier molecular flexibility index (Phi) is 2.63. The molecule has 20 heavy (non-hydrogen) atoms. The van der Waals surface area contributed by atoms with Crippen LogP contribution in [0.25, 0.3) is 22.4 Å². The molecule has 0 spiro atoms. The molecule has 1 saturated heterocycles. The SMILES string of the molecule is c1ccc(-c2noc3ncccc23)c(OCC2CO2)c1. The fraction of sp³-hybridized carbons (Fsp3) is 0.200. The molecule has 5 heteroatoms. The van der Waals surface area contributed by atoms with Crippen molar-refractivity contribution in [3.8, 4) is 17.0 Å². The van der Waals surface area contributed by atoms with Crippen LogP contribution in [0.15, 0.2) is 47.1 Å². The van der Waals surface area contributed by atoms with Gasteiger partial charge in [-0.15, -0.1) is 0 Å². The maximum atomic E-state index is 5.81. The third kappa shape index (κ3) is 2.02. The van der Waals surface area contributed by atoms with Crippen molar-refractivity contribution in [3.63, 3.8) is 0 Å². The van der Waals surface area contributed by atoms with Gasteiger partial charge >= 0.3 is 0 Å². The topological polar surface area (TPSA) is 60.7 Å². The standard InChI is InChI=1S/C15H12N2O3/c1-2-6-13(19-9-10-8-18-10)11(4-1)14-12-5-3-7-16-15(12)20-17-14/h1-7,10H,8-9H2. The molecule has 0 N–H and O–H groups in total. The number of rotatable bonds is 4. The molecular weight excluding hydrogens is 256 g/mol. The number of ether oxygens (including phenoxy) is 2. The van der Waals surface area contributed by atoms with E-state index in [1.165, 1.54) is 0 Å². The number of pyridine rings is 1. The zero-order valence-corrected chi connectivity index (χ0v) is 10.7. The first-order chi connectivity index (χ1) is 9.92. The molecule has 0 radical (unpaired) electrons. The van der Waals surface area contributed by atoms with Gasteiger partial charge in [0.1, 0.15) is 24.2 Å². The molecule has 1 unspecified atom stereocenters. The Hall–Kier alpha value is -2.40. The summed E-state index contributed by atoms with van der Waals surface area (Å²) in [7, 11) is 0. The van der Waals surface area contributed by atoms with Crippen molar-refractivity contribution in [1.82, 2.24) is 10.1 Å². The highest BCUT2D eigenvalue weighted by Gasteiger charge is 2.24. The van der Waals surface area contributed by atoms with Crippen LogP contribution in [0, 0.1) is 0 Å². The van der Waals surface area contributed by atoms with Gasteiger partial charge in [-0.05, 0) is 24.3 Å². The molecular formula is C15H12N2O3. The van der Waals surface area contributed by atoms with E-state index in [1.54, 1.807) is 6.20 Å². The third-order valence-corrected chi connectivity index (χ3v) is 3.22. The van der Waals surface area contributed by atoms with E-state index in [9.17, 15) is 0 Å². The minimum absolute atomic E-state index is 0.221. The molecule has 3 aromatic rings. The van der Waals surface area contributed by atoms with Crippen LogP contribution < -0.4 is 4.74 Å². The molecule has 1 aliphatic heterocycles. The van der Waals surface area contributed by atoms with Crippen LogP contribution in [-0.4, -0.2) is 29.5 Å². The molecule has 5 nitrogen and oxygen atoms in total. The van der Waals surface area contributed by atoms with Gasteiger partial charge in [-0.1, -0.05) is 17.3 Å². The van der Waals surface area contributed by atoms with E-state index in [-0.39, 0.29) is 6.10 Å². The second-order valence-corrected chi connectivity index (χ2v) is 4.65. The Morgan fingerprint density at radius 3 is 3.00 bits per heavy atom. The first-order valence-corrected chi connectivity index (χ1v) is 6.46. The van der Waals surface area contributed by atoms with E-state index in [4.69, 9.17) is 14.0 Å². The highest BCUT2D eigenvalue weighted by molar-refractivity contribution is 5.91. The predicted molar refractivity (Wildman–Crippen MR) is 72.5 cm³/mol. The summed E-state index contributed by atoms with van der Waals surface area (Å²) in [4.78, 5) is 4.15. The summed E-state index contributed by atoms with van der Waals surface area (Å²) < 4.78 is 16.2. The Labute approximate surface area is 115 Å². The lowest BCUT2D eigenvalue weighted by Gasteiger charge is -2.08. The predicted octanol–water partition coefficient (Wildman–Crippen LogP) is 2.67. The first-order valence-electron chi connectivity index (χ1n) is 6.46. The molecule has 1 aromatic carbocycles. The summed E-state index contributed by atoms with van der Waals surface area (Å²) in [5, 5.41) is 5.00. The number of hydrogen-bond donors (Lipinski definition) is 0. The van der Waals surface area contributed by atoms with E-state index in [0.29, 0.717) is 12.3 Å². The molecule has 0 amide bonds. The molecule has 100 valence electrons. The number of fused-ring (bicyclic) bond motifs is 1. The lowest BCUT2D eigenvalue weighted by molar-refractivity contribution is 0.263. The fourth-order valence-electron chi connectivity index (χ4n) is 2.11. The van der Waals surface area contributed by atoms with Gasteiger partial charge in [0.25, 0.3) is 5.71 Å². The van der Waals surface area contributed by atoms with E-state index in [0.717, 1.165) is 29.0 Å². The number of hydrogen-bond acceptors (Lipinski definition) is 5. The minimum Gasteiger partial charge on any atom is -0.490 e. The normalized spacial score (nSPS) is 17.3. The molecule has 4 rings (SSSR count). The maximum Gasteiger partial charge on any atom is 0.258 e. The van der Waals surface area contributed by atoms with E-state index < -0.39 is 0 Å². The summed E-state index contributed by atoms with van der Waals surface area (Å²) >= 11 is 0. The van der Waals surface area contributed by atoms with E-state index >= 15 is 0 Å². The van der Waals surface area contributed by atoms with Crippen molar-refractivity contribution in [2.24, 2.45) is 0 Å².